The SMILES string of the molecule is COc1cccc(C(C)NC(=O)c2cn[nH]c2C)c1. The molecule has 0 radical (unpaired) electrons. The maximum absolute atomic E-state index is 12.1. The van der Waals surface area contributed by atoms with Crippen LogP contribution in [0.15, 0.2) is 30.5 Å². The van der Waals surface area contributed by atoms with Crippen molar-refractivity contribution in [2.75, 3.05) is 7.11 Å². The molecule has 2 rings (SSSR count). The van der Waals surface area contributed by atoms with Crippen LogP contribution in [0.2, 0.25) is 0 Å². The van der Waals surface area contributed by atoms with Crippen molar-refractivity contribution in [3.8, 4) is 5.75 Å². The zero-order chi connectivity index (χ0) is 13.8. The molecule has 1 heterocycles. The highest BCUT2D eigenvalue weighted by Gasteiger charge is 2.14. The molecule has 1 unspecified atom stereocenters. The number of rotatable bonds is 4. The first-order valence-corrected chi connectivity index (χ1v) is 6.06. The number of carbonyl (C=O) groups excluding carboxylic acids is 1. The first kappa shape index (κ1) is 13.1. The van der Waals surface area contributed by atoms with Crippen LogP contribution in [-0.2, 0) is 0 Å². The molecule has 0 fully saturated rings. The Bertz CT molecular complexity index is 578. The van der Waals surface area contributed by atoms with Gasteiger partial charge in [-0.2, -0.15) is 5.10 Å². The Kier molecular flexibility index (Phi) is 3.85. The van der Waals surface area contributed by atoms with E-state index in [0.717, 1.165) is 17.0 Å². The van der Waals surface area contributed by atoms with Crippen LogP contribution in [-0.4, -0.2) is 23.2 Å². The third-order valence-corrected chi connectivity index (χ3v) is 3.02. The summed E-state index contributed by atoms with van der Waals surface area (Å²) < 4.78 is 5.17. The number of aromatic nitrogens is 2. The summed E-state index contributed by atoms with van der Waals surface area (Å²) in [6.45, 7) is 3.75. The number of benzene rings is 1. The molecule has 0 spiro atoms. The van der Waals surface area contributed by atoms with Crippen LogP contribution in [0.3, 0.4) is 0 Å². The number of amides is 1. The predicted molar refractivity (Wildman–Crippen MR) is 72.2 cm³/mol. The normalized spacial score (nSPS) is 11.9. The average molecular weight is 259 g/mol. The Morgan fingerprint density at radius 1 is 1.47 bits per heavy atom. The molecule has 0 saturated carbocycles. The van der Waals surface area contributed by atoms with Gasteiger partial charge in [-0.1, -0.05) is 12.1 Å². The average Bonchev–Trinajstić information content (AvgIpc) is 2.85. The Balaban J connectivity index is 2.10. The number of hydrogen-bond donors (Lipinski definition) is 2. The van der Waals surface area contributed by atoms with Crippen molar-refractivity contribution in [1.82, 2.24) is 15.5 Å². The smallest absolute Gasteiger partial charge is 0.255 e. The van der Waals surface area contributed by atoms with Gasteiger partial charge in [-0.3, -0.25) is 9.89 Å². The summed E-state index contributed by atoms with van der Waals surface area (Å²) in [5, 5.41) is 9.53. The van der Waals surface area contributed by atoms with Gasteiger partial charge >= 0.3 is 0 Å². The number of nitrogens with zero attached hydrogens (tertiary/aromatic N) is 1. The molecular formula is C14H17N3O2. The molecule has 2 aromatic rings. The number of aromatic amines is 1. The van der Waals surface area contributed by atoms with Crippen molar-refractivity contribution in [2.45, 2.75) is 19.9 Å². The lowest BCUT2D eigenvalue weighted by Crippen LogP contribution is -2.26. The summed E-state index contributed by atoms with van der Waals surface area (Å²) in [6, 6.07) is 7.54. The van der Waals surface area contributed by atoms with E-state index in [-0.39, 0.29) is 11.9 Å². The van der Waals surface area contributed by atoms with Crippen LogP contribution in [0, 0.1) is 6.92 Å². The third kappa shape index (κ3) is 2.93. The van der Waals surface area contributed by atoms with Crippen molar-refractivity contribution >= 4 is 5.91 Å². The van der Waals surface area contributed by atoms with Crippen molar-refractivity contribution in [3.05, 3.63) is 47.3 Å². The fourth-order valence-corrected chi connectivity index (χ4v) is 1.85. The monoisotopic (exact) mass is 259 g/mol. The molecule has 19 heavy (non-hydrogen) atoms. The molecule has 100 valence electrons. The molecule has 1 aromatic heterocycles. The van der Waals surface area contributed by atoms with Gasteiger partial charge < -0.3 is 10.1 Å². The van der Waals surface area contributed by atoms with E-state index in [0.29, 0.717) is 5.56 Å². The van der Waals surface area contributed by atoms with Crippen LogP contribution >= 0.6 is 0 Å². The molecule has 1 amide bonds. The molecule has 2 N–H and O–H groups in total. The molecule has 0 aliphatic rings. The second-order valence-electron chi connectivity index (χ2n) is 4.38. The van der Waals surface area contributed by atoms with Gasteiger partial charge in [0.1, 0.15) is 5.75 Å². The van der Waals surface area contributed by atoms with E-state index in [2.05, 4.69) is 15.5 Å². The lowest BCUT2D eigenvalue weighted by atomic mass is 10.1. The number of ether oxygens (including phenoxy) is 1. The lowest BCUT2D eigenvalue weighted by molar-refractivity contribution is 0.0939. The maximum atomic E-state index is 12.1. The van der Waals surface area contributed by atoms with Gasteiger partial charge in [-0.25, -0.2) is 0 Å². The number of carbonyl (C=O) groups is 1. The van der Waals surface area contributed by atoms with Gasteiger partial charge in [-0.15, -0.1) is 0 Å². The predicted octanol–water partition coefficient (Wildman–Crippen LogP) is 2.22. The Morgan fingerprint density at radius 3 is 2.89 bits per heavy atom. The van der Waals surface area contributed by atoms with E-state index in [1.165, 1.54) is 6.20 Å². The fourth-order valence-electron chi connectivity index (χ4n) is 1.85. The maximum Gasteiger partial charge on any atom is 0.255 e. The highest BCUT2D eigenvalue weighted by molar-refractivity contribution is 5.95. The fraction of sp³-hybridized carbons (Fsp3) is 0.286. The number of aryl methyl sites for hydroxylation is 1. The molecular weight excluding hydrogens is 242 g/mol. The van der Waals surface area contributed by atoms with Crippen molar-refractivity contribution in [2.24, 2.45) is 0 Å². The number of nitrogens with one attached hydrogen (secondary N) is 2. The quantitative estimate of drug-likeness (QED) is 0.884. The van der Waals surface area contributed by atoms with E-state index in [1.807, 2.05) is 38.1 Å². The Hall–Kier alpha value is -2.30. The Morgan fingerprint density at radius 2 is 2.26 bits per heavy atom. The lowest BCUT2D eigenvalue weighted by Gasteiger charge is -2.14. The third-order valence-electron chi connectivity index (χ3n) is 3.02. The first-order valence-electron chi connectivity index (χ1n) is 6.06. The van der Waals surface area contributed by atoms with E-state index >= 15 is 0 Å². The summed E-state index contributed by atoms with van der Waals surface area (Å²) in [5.41, 5.74) is 2.32. The molecule has 5 heteroatoms. The second kappa shape index (κ2) is 5.56. The number of H-pyrrole nitrogens is 1. The standard InChI is InChI=1S/C14H17N3O2/c1-9(11-5-4-6-12(7-11)19-3)16-14(18)13-8-15-17-10(13)2/h4-9H,1-3H3,(H,15,17)(H,16,18). The minimum atomic E-state index is -0.137. The highest BCUT2D eigenvalue weighted by atomic mass is 16.5. The molecule has 1 atom stereocenters. The van der Waals surface area contributed by atoms with Gasteiger partial charge in [0.2, 0.25) is 0 Å². The minimum absolute atomic E-state index is 0.100. The van der Waals surface area contributed by atoms with Crippen LogP contribution in [0.4, 0.5) is 0 Å². The summed E-state index contributed by atoms with van der Waals surface area (Å²) in [7, 11) is 1.62. The van der Waals surface area contributed by atoms with Crippen LogP contribution in [0.1, 0.15) is 34.6 Å². The second-order valence-corrected chi connectivity index (χ2v) is 4.38. The molecule has 1 aromatic carbocycles. The highest BCUT2D eigenvalue weighted by Crippen LogP contribution is 2.19. The number of hydrogen-bond acceptors (Lipinski definition) is 3. The summed E-state index contributed by atoms with van der Waals surface area (Å²) in [5.74, 6) is 0.639. The minimum Gasteiger partial charge on any atom is -0.497 e. The summed E-state index contributed by atoms with van der Waals surface area (Å²) in [4.78, 5) is 12.1. The van der Waals surface area contributed by atoms with Crippen LogP contribution in [0.25, 0.3) is 0 Å². The van der Waals surface area contributed by atoms with E-state index < -0.39 is 0 Å². The van der Waals surface area contributed by atoms with Crippen molar-refractivity contribution in [3.63, 3.8) is 0 Å². The van der Waals surface area contributed by atoms with Crippen molar-refractivity contribution < 1.29 is 9.53 Å². The summed E-state index contributed by atoms with van der Waals surface area (Å²) in [6.07, 6.45) is 1.53. The Labute approximate surface area is 112 Å². The summed E-state index contributed by atoms with van der Waals surface area (Å²) >= 11 is 0. The molecule has 0 aliphatic heterocycles. The van der Waals surface area contributed by atoms with Gasteiger partial charge in [0.25, 0.3) is 5.91 Å². The van der Waals surface area contributed by atoms with Gasteiger partial charge in [0.15, 0.2) is 0 Å². The largest absolute Gasteiger partial charge is 0.497 e. The molecule has 0 bridgehead atoms. The zero-order valence-corrected chi connectivity index (χ0v) is 11.2. The topological polar surface area (TPSA) is 67.0 Å². The van der Waals surface area contributed by atoms with Crippen LogP contribution < -0.4 is 10.1 Å². The zero-order valence-electron chi connectivity index (χ0n) is 11.2. The van der Waals surface area contributed by atoms with Crippen molar-refractivity contribution in [1.29, 1.82) is 0 Å². The van der Waals surface area contributed by atoms with E-state index in [4.69, 9.17) is 4.74 Å². The van der Waals surface area contributed by atoms with E-state index in [1.54, 1.807) is 7.11 Å². The van der Waals surface area contributed by atoms with Crippen LogP contribution in [0.5, 0.6) is 5.75 Å². The molecule has 0 saturated heterocycles. The molecule has 5 nitrogen and oxygen atoms in total. The van der Waals surface area contributed by atoms with Gasteiger partial charge in [0.05, 0.1) is 24.9 Å². The first-order chi connectivity index (χ1) is 9.11. The van der Waals surface area contributed by atoms with E-state index in [9.17, 15) is 4.79 Å². The molecule has 0 aliphatic carbocycles. The van der Waals surface area contributed by atoms with Gasteiger partial charge in [0, 0.05) is 5.69 Å². The van der Waals surface area contributed by atoms with Gasteiger partial charge in [-0.05, 0) is 31.5 Å². The number of methoxy groups -OCH3 is 1.